The van der Waals surface area contributed by atoms with Crippen molar-refractivity contribution < 1.29 is 4.79 Å². The van der Waals surface area contributed by atoms with E-state index in [2.05, 4.69) is 39.8 Å². The van der Waals surface area contributed by atoms with Gasteiger partial charge in [-0.05, 0) is 47.2 Å². The lowest BCUT2D eigenvalue weighted by atomic mass is 10.1. The van der Waals surface area contributed by atoms with Crippen LogP contribution in [-0.4, -0.2) is 21.9 Å². The molecule has 0 saturated heterocycles. The number of benzene rings is 3. The predicted molar refractivity (Wildman–Crippen MR) is 121 cm³/mol. The molecule has 0 saturated carbocycles. The van der Waals surface area contributed by atoms with Gasteiger partial charge in [-0.1, -0.05) is 71.4 Å². The van der Waals surface area contributed by atoms with Gasteiger partial charge in [0.2, 0.25) is 5.91 Å². The highest BCUT2D eigenvalue weighted by Crippen LogP contribution is 2.26. The highest BCUT2D eigenvalue weighted by atomic mass is 35.5. The fraction of sp³-hybridized carbons (Fsp3) is 0.0455. The van der Waals surface area contributed by atoms with Crippen LogP contribution in [0.15, 0.2) is 77.8 Å². The number of hydrogen-bond donors (Lipinski definition) is 1. The Balaban J connectivity index is 1.38. The number of nitrogens with zero attached hydrogens (tertiary/aromatic N) is 2. The second-order valence-electron chi connectivity index (χ2n) is 6.28. The normalized spacial score (nSPS) is 10.8. The van der Waals surface area contributed by atoms with Crippen molar-refractivity contribution in [3.05, 3.63) is 82.8 Å². The fourth-order valence-electron chi connectivity index (χ4n) is 2.81. The van der Waals surface area contributed by atoms with Crippen LogP contribution >= 0.6 is 35.0 Å². The number of fused-ring (bicyclic) bond motifs is 1. The van der Waals surface area contributed by atoms with E-state index in [1.807, 2.05) is 30.3 Å². The molecule has 1 amide bonds. The summed E-state index contributed by atoms with van der Waals surface area (Å²) in [5.41, 5.74) is 2.40. The molecule has 0 aliphatic heterocycles. The predicted octanol–water partition coefficient (Wildman–Crippen LogP) is 6.33. The standard InChI is InChI=1S/C22H15Cl2N3OS/c23-18-8-7-17(12-19(18)24)25-21(28)13-29-22-10-9-20(26-27-22)16-6-5-14-3-1-2-4-15(14)11-16/h1-12H,13H2,(H,25,28). The van der Waals surface area contributed by atoms with Crippen LogP contribution in [0, 0.1) is 0 Å². The molecule has 4 rings (SSSR count). The molecule has 0 bridgehead atoms. The number of halogens is 2. The van der Waals surface area contributed by atoms with Crippen molar-refractivity contribution >= 4 is 57.3 Å². The molecular weight excluding hydrogens is 425 g/mol. The minimum Gasteiger partial charge on any atom is -0.325 e. The number of aromatic nitrogens is 2. The Hall–Kier alpha value is -2.60. The van der Waals surface area contributed by atoms with Gasteiger partial charge in [-0.3, -0.25) is 4.79 Å². The maximum atomic E-state index is 12.1. The topological polar surface area (TPSA) is 54.9 Å². The number of thioether (sulfide) groups is 1. The largest absolute Gasteiger partial charge is 0.325 e. The van der Waals surface area contributed by atoms with Crippen LogP contribution in [0.25, 0.3) is 22.0 Å². The fourth-order valence-corrected chi connectivity index (χ4v) is 3.72. The van der Waals surface area contributed by atoms with Crippen molar-refractivity contribution in [2.75, 3.05) is 11.1 Å². The van der Waals surface area contributed by atoms with E-state index in [1.165, 1.54) is 17.1 Å². The van der Waals surface area contributed by atoms with Crippen LogP contribution in [0.3, 0.4) is 0 Å². The highest BCUT2D eigenvalue weighted by molar-refractivity contribution is 7.99. The van der Waals surface area contributed by atoms with Crippen molar-refractivity contribution in [2.24, 2.45) is 0 Å². The molecule has 0 spiro atoms. The summed E-state index contributed by atoms with van der Waals surface area (Å²) in [6.07, 6.45) is 0. The Labute approximate surface area is 182 Å². The van der Waals surface area contributed by atoms with Gasteiger partial charge in [0.1, 0.15) is 5.03 Å². The van der Waals surface area contributed by atoms with Crippen LogP contribution < -0.4 is 5.32 Å². The summed E-state index contributed by atoms with van der Waals surface area (Å²) in [5.74, 6) is 0.0540. The molecule has 0 unspecified atom stereocenters. The van der Waals surface area contributed by atoms with Gasteiger partial charge in [-0.2, -0.15) is 0 Å². The van der Waals surface area contributed by atoms with Crippen LogP contribution in [0.1, 0.15) is 0 Å². The quantitative estimate of drug-likeness (QED) is 0.368. The van der Waals surface area contributed by atoms with Crippen molar-refractivity contribution in [1.29, 1.82) is 0 Å². The third-order valence-electron chi connectivity index (χ3n) is 4.24. The third-order valence-corrected chi connectivity index (χ3v) is 5.90. The number of nitrogens with one attached hydrogen (secondary N) is 1. The first-order valence-corrected chi connectivity index (χ1v) is 10.5. The Morgan fingerprint density at radius 3 is 2.45 bits per heavy atom. The van der Waals surface area contributed by atoms with E-state index in [9.17, 15) is 4.79 Å². The summed E-state index contributed by atoms with van der Waals surface area (Å²) >= 11 is 13.2. The molecule has 3 aromatic carbocycles. The van der Waals surface area contributed by atoms with Crippen molar-refractivity contribution in [3.8, 4) is 11.3 Å². The molecule has 0 aliphatic rings. The SMILES string of the molecule is O=C(CSc1ccc(-c2ccc3ccccc3c2)nn1)Nc1ccc(Cl)c(Cl)c1. The molecular formula is C22H15Cl2N3OS. The zero-order valence-corrected chi connectivity index (χ0v) is 17.4. The Bertz CT molecular complexity index is 1180. The van der Waals surface area contributed by atoms with Crippen LogP contribution in [0.5, 0.6) is 0 Å². The molecule has 0 fully saturated rings. The van der Waals surface area contributed by atoms with Crippen molar-refractivity contribution in [2.45, 2.75) is 5.03 Å². The molecule has 4 aromatic rings. The Kier molecular flexibility index (Phi) is 6.00. The molecule has 1 aromatic heterocycles. The van der Waals surface area contributed by atoms with E-state index in [0.717, 1.165) is 16.6 Å². The first-order valence-electron chi connectivity index (χ1n) is 8.79. The first-order chi connectivity index (χ1) is 14.1. The van der Waals surface area contributed by atoms with Gasteiger partial charge in [0.05, 0.1) is 21.5 Å². The molecule has 1 heterocycles. The summed E-state index contributed by atoms with van der Waals surface area (Å²) < 4.78 is 0. The van der Waals surface area contributed by atoms with E-state index in [-0.39, 0.29) is 11.7 Å². The van der Waals surface area contributed by atoms with Gasteiger partial charge >= 0.3 is 0 Å². The van der Waals surface area contributed by atoms with Gasteiger partial charge in [0.15, 0.2) is 0 Å². The summed E-state index contributed by atoms with van der Waals surface area (Å²) in [5, 5.41) is 15.2. The van der Waals surface area contributed by atoms with E-state index >= 15 is 0 Å². The maximum Gasteiger partial charge on any atom is 0.234 e. The van der Waals surface area contributed by atoms with Gasteiger partial charge in [-0.25, -0.2) is 0 Å². The van der Waals surface area contributed by atoms with Crippen molar-refractivity contribution in [1.82, 2.24) is 10.2 Å². The molecule has 0 atom stereocenters. The minimum atomic E-state index is -0.159. The van der Waals surface area contributed by atoms with E-state index < -0.39 is 0 Å². The maximum absolute atomic E-state index is 12.1. The van der Waals surface area contributed by atoms with Crippen LogP contribution in [0.2, 0.25) is 10.0 Å². The second-order valence-corrected chi connectivity index (χ2v) is 8.09. The second kappa shape index (κ2) is 8.82. The lowest BCUT2D eigenvalue weighted by molar-refractivity contribution is -0.113. The smallest absolute Gasteiger partial charge is 0.234 e. The number of anilines is 1. The molecule has 29 heavy (non-hydrogen) atoms. The third kappa shape index (κ3) is 4.88. The monoisotopic (exact) mass is 439 g/mol. The molecule has 7 heteroatoms. The molecule has 0 aliphatic carbocycles. The zero-order chi connectivity index (χ0) is 20.2. The number of carbonyl (C=O) groups excluding carboxylic acids is 1. The van der Waals surface area contributed by atoms with Crippen molar-refractivity contribution in [3.63, 3.8) is 0 Å². The number of carbonyl (C=O) groups is 1. The summed E-state index contributed by atoms with van der Waals surface area (Å²) in [6, 6.07) is 23.1. The van der Waals surface area contributed by atoms with Crippen LogP contribution in [0.4, 0.5) is 5.69 Å². The average Bonchev–Trinajstić information content (AvgIpc) is 2.75. The van der Waals surface area contributed by atoms with Gasteiger partial charge in [0, 0.05) is 11.3 Å². The summed E-state index contributed by atoms with van der Waals surface area (Å²) in [4.78, 5) is 12.1. The summed E-state index contributed by atoms with van der Waals surface area (Å²) in [7, 11) is 0. The Morgan fingerprint density at radius 1 is 0.862 bits per heavy atom. The highest BCUT2D eigenvalue weighted by Gasteiger charge is 2.08. The van der Waals surface area contributed by atoms with E-state index in [0.29, 0.717) is 20.8 Å². The molecule has 1 N–H and O–H groups in total. The molecule has 144 valence electrons. The lowest BCUT2D eigenvalue weighted by Crippen LogP contribution is -2.14. The van der Waals surface area contributed by atoms with Gasteiger partial charge < -0.3 is 5.32 Å². The van der Waals surface area contributed by atoms with Crippen LogP contribution in [-0.2, 0) is 4.79 Å². The van der Waals surface area contributed by atoms with E-state index in [1.54, 1.807) is 18.2 Å². The van der Waals surface area contributed by atoms with E-state index in [4.69, 9.17) is 23.2 Å². The number of rotatable bonds is 5. The average molecular weight is 440 g/mol. The zero-order valence-electron chi connectivity index (χ0n) is 15.1. The van der Waals surface area contributed by atoms with Gasteiger partial charge in [-0.15, -0.1) is 10.2 Å². The molecule has 4 nitrogen and oxygen atoms in total. The summed E-state index contributed by atoms with van der Waals surface area (Å²) in [6.45, 7) is 0. The molecule has 0 radical (unpaired) electrons. The Morgan fingerprint density at radius 2 is 1.69 bits per heavy atom. The lowest BCUT2D eigenvalue weighted by Gasteiger charge is -2.06. The first kappa shape index (κ1) is 19.7. The number of hydrogen-bond acceptors (Lipinski definition) is 4. The minimum absolute atomic E-state index is 0.159. The number of amides is 1. The van der Waals surface area contributed by atoms with Gasteiger partial charge in [0.25, 0.3) is 0 Å².